The molecule has 1 atom stereocenters. The molecule has 2 aliphatic heterocycles. The number of anilines is 1. The number of aromatic nitrogens is 1. The van der Waals surface area contributed by atoms with Crippen LogP contribution in [0.25, 0.3) is 5.70 Å². The number of nitrogens with zero attached hydrogens (tertiary/aromatic N) is 1. The molecule has 0 aromatic carbocycles. The van der Waals surface area contributed by atoms with E-state index >= 15 is 0 Å². The molecule has 0 bridgehead atoms. The monoisotopic (exact) mass is 249 g/mol. The molecule has 0 amide bonds. The third kappa shape index (κ3) is 1.79. The zero-order valence-electron chi connectivity index (χ0n) is 9.66. The van der Waals surface area contributed by atoms with Crippen LogP contribution in [-0.2, 0) is 0 Å². The Balaban J connectivity index is 2.10. The van der Waals surface area contributed by atoms with E-state index < -0.39 is 6.23 Å². The van der Waals surface area contributed by atoms with Crippen molar-refractivity contribution in [2.45, 2.75) is 24.0 Å². The first-order chi connectivity index (χ1) is 8.29. The molecule has 0 aliphatic carbocycles. The predicted molar refractivity (Wildman–Crippen MR) is 69.8 cm³/mol. The number of thioether (sulfide) groups is 1. The number of hydrogen-bond acceptors (Lipinski definition) is 5. The minimum absolute atomic E-state index is 0.579. The lowest BCUT2D eigenvalue weighted by atomic mass is 9.96. The summed E-state index contributed by atoms with van der Waals surface area (Å²) in [6, 6.07) is 2.04. The summed E-state index contributed by atoms with van der Waals surface area (Å²) in [5.74, 6) is 0. The van der Waals surface area contributed by atoms with Crippen LogP contribution in [0.5, 0.6) is 0 Å². The first kappa shape index (κ1) is 10.9. The van der Waals surface area contributed by atoms with Crippen LogP contribution in [0.1, 0.15) is 18.5 Å². The Bertz CT molecular complexity index is 487. The number of hydrogen-bond donors (Lipinski definition) is 3. The van der Waals surface area contributed by atoms with E-state index in [-0.39, 0.29) is 0 Å². The lowest BCUT2D eigenvalue weighted by Crippen LogP contribution is -2.34. The van der Waals surface area contributed by atoms with Gasteiger partial charge in [-0.05, 0) is 25.2 Å². The highest BCUT2D eigenvalue weighted by atomic mass is 32.2. The van der Waals surface area contributed by atoms with Gasteiger partial charge in [0.05, 0.1) is 11.4 Å². The average molecular weight is 249 g/mol. The molecule has 1 aromatic rings. The molecule has 90 valence electrons. The van der Waals surface area contributed by atoms with E-state index in [2.05, 4.69) is 15.6 Å². The summed E-state index contributed by atoms with van der Waals surface area (Å²) >= 11 is 1.65. The largest absolute Gasteiger partial charge is 0.383 e. The SMILES string of the molecule is CSc1cnc2c(c1)NC(O)C1=C2NCCC1. The molecule has 3 rings (SSSR count). The lowest BCUT2D eigenvalue weighted by Gasteiger charge is -2.32. The number of rotatable bonds is 1. The summed E-state index contributed by atoms with van der Waals surface area (Å²) in [6.45, 7) is 0.955. The molecule has 2 aliphatic rings. The van der Waals surface area contributed by atoms with Crippen molar-refractivity contribution >= 4 is 23.1 Å². The molecule has 3 N–H and O–H groups in total. The Morgan fingerprint density at radius 1 is 1.53 bits per heavy atom. The van der Waals surface area contributed by atoms with Gasteiger partial charge in [0, 0.05) is 23.2 Å². The average Bonchev–Trinajstić information content (AvgIpc) is 2.38. The highest BCUT2D eigenvalue weighted by molar-refractivity contribution is 7.98. The summed E-state index contributed by atoms with van der Waals surface area (Å²) < 4.78 is 0. The molecule has 4 nitrogen and oxygen atoms in total. The minimum Gasteiger partial charge on any atom is -0.383 e. The summed E-state index contributed by atoms with van der Waals surface area (Å²) in [5.41, 5.74) is 3.90. The Labute approximate surface area is 105 Å². The Kier molecular flexibility index (Phi) is 2.72. The fourth-order valence-electron chi connectivity index (χ4n) is 2.34. The van der Waals surface area contributed by atoms with Gasteiger partial charge >= 0.3 is 0 Å². The molecule has 1 unspecified atom stereocenters. The van der Waals surface area contributed by atoms with Gasteiger partial charge in [-0.15, -0.1) is 11.8 Å². The molecule has 0 radical (unpaired) electrons. The first-order valence-electron chi connectivity index (χ1n) is 5.75. The van der Waals surface area contributed by atoms with Gasteiger partial charge in [0.25, 0.3) is 0 Å². The number of aliphatic hydroxyl groups is 1. The topological polar surface area (TPSA) is 57.2 Å². The third-order valence-electron chi connectivity index (χ3n) is 3.20. The zero-order chi connectivity index (χ0) is 11.8. The van der Waals surface area contributed by atoms with E-state index in [9.17, 15) is 5.11 Å². The Hall–Kier alpha value is -1.20. The number of pyridine rings is 1. The number of nitrogens with one attached hydrogen (secondary N) is 2. The van der Waals surface area contributed by atoms with Crippen LogP contribution in [0.2, 0.25) is 0 Å². The maximum absolute atomic E-state index is 10.1. The first-order valence-corrected chi connectivity index (χ1v) is 6.98. The van der Waals surface area contributed by atoms with E-state index in [4.69, 9.17) is 0 Å². The standard InChI is InChI=1S/C12H15N3OS/c1-17-7-5-9-11(14-6-7)10-8(12(16)15-9)3-2-4-13-10/h5-6,12-13,15-16H,2-4H2,1H3. The summed E-state index contributed by atoms with van der Waals surface area (Å²) in [6.07, 6.45) is 5.32. The maximum Gasteiger partial charge on any atom is 0.149 e. The molecular weight excluding hydrogens is 234 g/mol. The molecule has 0 saturated heterocycles. The van der Waals surface area contributed by atoms with Crippen LogP contribution in [0, 0.1) is 0 Å². The van der Waals surface area contributed by atoms with Gasteiger partial charge in [-0.2, -0.15) is 0 Å². The van der Waals surface area contributed by atoms with Gasteiger partial charge in [-0.3, -0.25) is 4.98 Å². The second kappa shape index (κ2) is 4.23. The van der Waals surface area contributed by atoms with E-state index in [1.165, 1.54) is 0 Å². The van der Waals surface area contributed by atoms with E-state index in [1.54, 1.807) is 11.8 Å². The van der Waals surface area contributed by atoms with Gasteiger partial charge in [0.2, 0.25) is 0 Å². The van der Waals surface area contributed by atoms with Crippen LogP contribution < -0.4 is 10.6 Å². The lowest BCUT2D eigenvalue weighted by molar-refractivity contribution is 0.231. The van der Waals surface area contributed by atoms with Crippen LogP contribution in [0.15, 0.2) is 22.7 Å². The second-order valence-electron chi connectivity index (χ2n) is 4.25. The summed E-state index contributed by atoms with van der Waals surface area (Å²) in [4.78, 5) is 5.59. The fourth-order valence-corrected chi connectivity index (χ4v) is 2.73. The molecule has 0 spiro atoms. The Morgan fingerprint density at radius 3 is 3.24 bits per heavy atom. The van der Waals surface area contributed by atoms with Crippen LogP contribution >= 0.6 is 11.8 Å². The van der Waals surface area contributed by atoms with Gasteiger partial charge in [-0.1, -0.05) is 0 Å². The summed E-state index contributed by atoms with van der Waals surface area (Å²) in [5, 5.41) is 16.5. The van der Waals surface area contributed by atoms with Gasteiger partial charge in [0.15, 0.2) is 0 Å². The van der Waals surface area contributed by atoms with Crippen molar-refractivity contribution in [3.8, 4) is 0 Å². The van der Waals surface area contributed by atoms with Gasteiger partial charge in [0.1, 0.15) is 11.9 Å². The number of fused-ring (bicyclic) bond motifs is 2. The third-order valence-corrected chi connectivity index (χ3v) is 3.90. The minimum atomic E-state index is -0.579. The maximum atomic E-state index is 10.1. The normalized spacial score (nSPS) is 22.4. The highest BCUT2D eigenvalue weighted by Crippen LogP contribution is 2.35. The van der Waals surface area contributed by atoms with Crippen molar-refractivity contribution in [1.82, 2.24) is 10.3 Å². The molecule has 0 saturated carbocycles. The van der Waals surface area contributed by atoms with Crippen LogP contribution in [0.3, 0.4) is 0 Å². The van der Waals surface area contributed by atoms with Crippen LogP contribution in [-0.4, -0.2) is 29.1 Å². The van der Waals surface area contributed by atoms with Gasteiger partial charge in [-0.25, -0.2) is 0 Å². The fraction of sp³-hybridized carbons (Fsp3) is 0.417. The molecule has 3 heterocycles. The number of aliphatic hydroxyl groups excluding tert-OH is 1. The van der Waals surface area contributed by atoms with Crippen molar-refractivity contribution < 1.29 is 5.11 Å². The Morgan fingerprint density at radius 2 is 2.41 bits per heavy atom. The molecule has 1 aromatic heterocycles. The van der Waals surface area contributed by atoms with Crippen LogP contribution in [0.4, 0.5) is 5.69 Å². The predicted octanol–water partition coefficient (Wildman–Crippen LogP) is 1.64. The molecule has 5 heteroatoms. The molecule has 17 heavy (non-hydrogen) atoms. The van der Waals surface area contributed by atoms with Crippen molar-refractivity contribution in [2.24, 2.45) is 0 Å². The second-order valence-corrected chi connectivity index (χ2v) is 5.13. The van der Waals surface area contributed by atoms with Gasteiger partial charge < -0.3 is 15.7 Å². The molecule has 0 fully saturated rings. The van der Waals surface area contributed by atoms with E-state index in [0.717, 1.165) is 46.9 Å². The quantitative estimate of drug-likeness (QED) is 0.661. The molecular formula is C12H15N3OS. The van der Waals surface area contributed by atoms with E-state index in [0.29, 0.717) is 0 Å². The van der Waals surface area contributed by atoms with Crippen molar-refractivity contribution in [2.75, 3.05) is 18.1 Å². The van der Waals surface area contributed by atoms with E-state index in [1.807, 2.05) is 18.5 Å². The zero-order valence-corrected chi connectivity index (χ0v) is 10.5. The summed E-state index contributed by atoms with van der Waals surface area (Å²) in [7, 11) is 0. The van der Waals surface area contributed by atoms with Crippen molar-refractivity contribution in [3.05, 3.63) is 23.5 Å². The highest BCUT2D eigenvalue weighted by Gasteiger charge is 2.28. The van der Waals surface area contributed by atoms with Crippen molar-refractivity contribution in [3.63, 3.8) is 0 Å². The smallest absolute Gasteiger partial charge is 0.149 e. The van der Waals surface area contributed by atoms with Crippen molar-refractivity contribution in [1.29, 1.82) is 0 Å².